The third-order valence-corrected chi connectivity index (χ3v) is 7.01. The number of anilines is 1. The average Bonchev–Trinajstić information content (AvgIpc) is 3.19. The van der Waals surface area contributed by atoms with Crippen molar-refractivity contribution in [3.63, 3.8) is 0 Å². The Bertz CT molecular complexity index is 850. The highest BCUT2D eigenvalue weighted by molar-refractivity contribution is 6.14. The van der Waals surface area contributed by atoms with E-state index in [2.05, 4.69) is 17.1 Å². The van der Waals surface area contributed by atoms with E-state index in [0.717, 1.165) is 37.2 Å². The van der Waals surface area contributed by atoms with Gasteiger partial charge in [0.2, 0.25) is 0 Å². The van der Waals surface area contributed by atoms with Crippen molar-refractivity contribution in [1.29, 1.82) is 0 Å². The van der Waals surface area contributed by atoms with Gasteiger partial charge in [-0.05, 0) is 31.9 Å². The number of ether oxygens (including phenoxy) is 2. The van der Waals surface area contributed by atoms with Crippen LogP contribution in [0.2, 0.25) is 0 Å². The number of Topliss-reactive ketones (excluding diaryl/α,β-unsaturated/α-hetero) is 1. The maximum absolute atomic E-state index is 13.4. The predicted octanol–water partition coefficient (Wildman–Crippen LogP) is 2.22. The summed E-state index contributed by atoms with van der Waals surface area (Å²) < 4.78 is 10.7. The Morgan fingerprint density at radius 3 is 2.96 bits per heavy atom. The average molecular weight is 368 g/mol. The molecule has 4 heterocycles. The van der Waals surface area contributed by atoms with Crippen LogP contribution in [0.5, 0.6) is 0 Å². The van der Waals surface area contributed by atoms with Gasteiger partial charge in [0.25, 0.3) is 0 Å². The third-order valence-electron chi connectivity index (χ3n) is 7.01. The molecule has 6 nitrogen and oxygen atoms in total. The number of ketones is 1. The first-order valence-electron chi connectivity index (χ1n) is 9.65. The maximum atomic E-state index is 13.4. The number of para-hydroxylation sites is 1. The summed E-state index contributed by atoms with van der Waals surface area (Å²) >= 11 is 0. The van der Waals surface area contributed by atoms with Crippen molar-refractivity contribution in [2.45, 2.75) is 37.5 Å². The van der Waals surface area contributed by atoms with E-state index in [9.17, 15) is 9.59 Å². The quantitative estimate of drug-likeness (QED) is 0.767. The van der Waals surface area contributed by atoms with Gasteiger partial charge in [0, 0.05) is 42.2 Å². The minimum absolute atomic E-state index is 0.0466. The summed E-state index contributed by atoms with van der Waals surface area (Å²) in [7, 11) is 1.40. The number of esters is 1. The van der Waals surface area contributed by atoms with Gasteiger partial charge in [-0.1, -0.05) is 12.1 Å². The maximum Gasteiger partial charge on any atom is 0.337 e. The van der Waals surface area contributed by atoms with E-state index in [1.165, 1.54) is 7.11 Å². The van der Waals surface area contributed by atoms with Crippen LogP contribution >= 0.6 is 0 Å². The number of fused-ring (bicyclic) bond motifs is 4. The summed E-state index contributed by atoms with van der Waals surface area (Å²) in [5, 5.41) is 3.57. The molecule has 1 aromatic rings. The van der Waals surface area contributed by atoms with Crippen molar-refractivity contribution < 1.29 is 19.1 Å². The molecule has 4 aliphatic heterocycles. The molecule has 1 aromatic carbocycles. The fourth-order valence-corrected chi connectivity index (χ4v) is 5.59. The second-order valence-electron chi connectivity index (χ2n) is 8.14. The Labute approximate surface area is 158 Å². The molecule has 142 valence electrons. The molecular formula is C21H24N2O4. The molecule has 2 saturated heterocycles. The van der Waals surface area contributed by atoms with Crippen LogP contribution in [0.1, 0.15) is 30.1 Å². The van der Waals surface area contributed by atoms with Crippen LogP contribution in [0.15, 0.2) is 36.1 Å². The van der Waals surface area contributed by atoms with Crippen molar-refractivity contribution in [2.24, 2.45) is 11.8 Å². The smallest absolute Gasteiger partial charge is 0.337 e. The molecule has 4 aliphatic rings. The molecule has 0 saturated carbocycles. The molecule has 5 rings (SSSR count). The molecule has 6 heteroatoms. The zero-order valence-corrected chi connectivity index (χ0v) is 15.6. The third kappa shape index (κ3) is 2.22. The largest absolute Gasteiger partial charge is 0.497 e. The molecule has 1 unspecified atom stereocenters. The number of hydrogen-bond acceptors (Lipinski definition) is 6. The number of piperidine rings is 1. The van der Waals surface area contributed by atoms with E-state index in [1.54, 1.807) is 6.26 Å². The Morgan fingerprint density at radius 1 is 1.37 bits per heavy atom. The lowest BCUT2D eigenvalue weighted by Gasteiger charge is -2.48. The van der Waals surface area contributed by atoms with E-state index in [1.807, 2.05) is 24.3 Å². The van der Waals surface area contributed by atoms with Crippen LogP contribution in [0.3, 0.4) is 0 Å². The van der Waals surface area contributed by atoms with Gasteiger partial charge in [-0.3, -0.25) is 9.69 Å². The lowest BCUT2D eigenvalue weighted by atomic mass is 9.70. The van der Waals surface area contributed by atoms with Crippen molar-refractivity contribution in [1.82, 2.24) is 4.90 Å². The van der Waals surface area contributed by atoms with Crippen molar-refractivity contribution in [2.75, 3.05) is 25.5 Å². The summed E-state index contributed by atoms with van der Waals surface area (Å²) in [6, 6.07) is 7.83. The van der Waals surface area contributed by atoms with Gasteiger partial charge in [-0.2, -0.15) is 0 Å². The highest BCUT2D eigenvalue weighted by Gasteiger charge is 2.60. The molecule has 0 amide bonds. The number of carbonyl (C=O) groups is 2. The van der Waals surface area contributed by atoms with Crippen LogP contribution in [-0.2, 0) is 14.3 Å². The lowest BCUT2D eigenvalue weighted by molar-refractivity contribution is -0.139. The monoisotopic (exact) mass is 368 g/mol. The molecule has 1 N–H and O–H groups in total. The second kappa shape index (κ2) is 5.83. The zero-order chi connectivity index (χ0) is 18.8. The van der Waals surface area contributed by atoms with E-state index < -0.39 is 5.54 Å². The van der Waals surface area contributed by atoms with Gasteiger partial charge in [-0.15, -0.1) is 0 Å². The molecule has 5 atom stereocenters. The zero-order valence-electron chi connectivity index (χ0n) is 15.6. The minimum atomic E-state index is -0.586. The van der Waals surface area contributed by atoms with Crippen LogP contribution in [0, 0.1) is 11.8 Å². The number of hydrogen-bond donors (Lipinski definition) is 1. The SMILES string of the molecule is COC(=O)C1=CO[C@H](C)[C@@H]2CN3CCC4(Nc5ccccc5C4=O)[C@@H]3C[C@H]12. The normalized spacial score (nSPS) is 37.0. The summed E-state index contributed by atoms with van der Waals surface area (Å²) in [4.78, 5) is 28.1. The molecule has 27 heavy (non-hydrogen) atoms. The van der Waals surface area contributed by atoms with Crippen LogP contribution in [-0.4, -0.2) is 54.5 Å². The van der Waals surface area contributed by atoms with Crippen molar-refractivity contribution in [3.8, 4) is 0 Å². The second-order valence-corrected chi connectivity index (χ2v) is 8.14. The summed E-state index contributed by atoms with van der Waals surface area (Å²) in [5.74, 6) is 0.143. The summed E-state index contributed by atoms with van der Waals surface area (Å²) in [6.07, 6.45) is 3.17. The first-order valence-corrected chi connectivity index (χ1v) is 9.65. The number of benzene rings is 1. The number of carbonyl (C=O) groups excluding carboxylic acids is 2. The first kappa shape index (κ1) is 16.8. The predicted molar refractivity (Wildman–Crippen MR) is 99.3 cm³/mol. The fourth-order valence-electron chi connectivity index (χ4n) is 5.59. The molecular weight excluding hydrogens is 344 g/mol. The van der Waals surface area contributed by atoms with E-state index >= 15 is 0 Å². The van der Waals surface area contributed by atoms with Crippen LogP contribution < -0.4 is 5.32 Å². The summed E-state index contributed by atoms with van der Waals surface area (Å²) in [6.45, 7) is 3.77. The minimum Gasteiger partial charge on any atom is -0.497 e. The van der Waals surface area contributed by atoms with Crippen molar-refractivity contribution in [3.05, 3.63) is 41.7 Å². The first-order chi connectivity index (χ1) is 13.0. The molecule has 0 aliphatic carbocycles. The van der Waals surface area contributed by atoms with Gasteiger partial charge in [0.15, 0.2) is 5.78 Å². The number of methoxy groups -OCH3 is 1. The fraction of sp³-hybridized carbons (Fsp3) is 0.524. The Morgan fingerprint density at radius 2 is 2.19 bits per heavy atom. The van der Waals surface area contributed by atoms with Crippen LogP contribution in [0.4, 0.5) is 5.69 Å². The molecule has 0 aromatic heterocycles. The Hall–Kier alpha value is -2.34. The van der Waals surface area contributed by atoms with Crippen LogP contribution in [0.25, 0.3) is 0 Å². The number of nitrogens with one attached hydrogen (secondary N) is 1. The van der Waals surface area contributed by atoms with Gasteiger partial charge in [-0.25, -0.2) is 4.79 Å². The van der Waals surface area contributed by atoms with E-state index in [0.29, 0.717) is 5.57 Å². The lowest BCUT2D eigenvalue weighted by Crippen LogP contribution is -2.59. The van der Waals surface area contributed by atoms with Gasteiger partial charge in [0.1, 0.15) is 5.54 Å². The standard InChI is InChI=1S/C21H24N2O4/c1-12-15-10-23-8-7-21(19(24)13-5-3-4-6-17(13)22-21)18(23)9-14(15)16(11-27-12)20(25)26-2/h3-6,11-12,14-15,18,22H,7-10H2,1-2H3/t12-,14+,15+,18+,21?/m1/s1. The van der Waals surface area contributed by atoms with E-state index in [4.69, 9.17) is 9.47 Å². The number of rotatable bonds is 1. The molecule has 2 fully saturated rings. The highest BCUT2D eigenvalue weighted by Crippen LogP contribution is 2.49. The van der Waals surface area contributed by atoms with Gasteiger partial charge < -0.3 is 14.8 Å². The Kier molecular flexibility index (Phi) is 3.63. The van der Waals surface area contributed by atoms with E-state index in [-0.39, 0.29) is 35.7 Å². The molecule has 0 bridgehead atoms. The Balaban J connectivity index is 1.50. The summed E-state index contributed by atoms with van der Waals surface area (Å²) in [5.41, 5.74) is 1.73. The topological polar surface area (TPSA) is 67.9 Å². The van der Waals surface area contributed by atoms with Gasteiger partial charge >= 0.3 is 5.97 Å². The van der Waals surface area contributed by atoms with Gasteiger partial charge in [0.05, 0.1) is 25.0 Å². The van der Waals surface area contributed by atoms with Crippen molar-refractivity contribution >= 4 is 17.4 Å². The molecule has 0 radical (unpaired) electrons. The number of nitrogens with zero attached hydrogens (tertiary/aromatic N) is 1. The molecule has 1 spiro atoms. The highest BCUT2D eigenvalue weighted by atomic mass is 16.5.